The second-order valence-corrected chi connectivity index (χ2v) is 6.09. The smallest absolute Gasteiger partial charge is 0.0366 e. The molecular weight excluding hydrogens is 330 g/mol. The molecule has 0 spiro atoms. The Hall–Kier alpha value is -0.0200. The fourth-order valence-corrected chi connectivity index (χ4v) is 3.20. The molecule has 1 aromatic carbocycles. The first-order valence-corrected chi connectivity index (χ1v) is 7.77. The second kappa shape index (κ2) is 6.06. The van der Waals surface area contributed by atoms with Gasteiger partial charge in [0.1, 0.15) is 0 Å². The molecule has 1 fully saturated rings. The van der Waals surface area contributed by atoms with E-state index in [-0.39, 0.29) is 0 Å². The Morgan fingerprint density at radius 2 is 1.75 bits per heavy atom. The Labute approximate surface area is 114 Å². The molecule has 1 aromatic rings. The monoisotopic (exact) mass is 345 g/mol. The highest BCUT2D eigenvalue weighted by Gasteiger charge is 2.18. The second-order valence-electron chi connectivity index (χ2n) is 4.38. The van der Waals surface area contributed by atoms with Crippen molar-refractivity contribution in [3.63, 3.8) is 0 Å². The Morgan fingerprint density at radius 3 is 2.31 bits per heavy atom. The summed E-state index contributed by atoms with van der Waals surface area (Å²) in [4.78, 5) is 2.50. The summed E-state index contributed by atoms with van der Waals surface area (Å²) < 4.78 is 1.16. The Bertz CT molecular complexity index is 315. The minimum absolute atomic E-state index is 0.922. The molecule has 0 saturated carbocycles. The number of piperidine rings is 1. The molecule has 1 aliphatic rings. The Kier molecular flexibility index (Phi) is 4.71. The van der Waals surface area contributed by atoms with Crippen LogP contribution >= 0.6 is 31.9 Å². The molecule has 1 aliphatic heterocycles. The van der Waals surface area contributed by atoms with Crippen LogP contribution in [-0.4, -0.2) is 18.4 Å². The molecule has 1 heterocycles. The largest absolute Gasteiger partial charge is 0.372 e. The molecule has 2 rings (SSSR count). The van der Waals surface area contributed by atoms with E-state index >= 15 is 0 Å². The fourth-order valence-electron chi connectivity index (χ4n) is 2.29. The highest BCUT2D eigenvalue weighted by molar-refractivity contribution is 9.10. The summed E-state index contributed by atoms with van der Waals surface area (Å²) in [5.41, 5.74) is 1.36. The van der Waals surface area contributed by atoms with E-state index in [1.165, 1.54) is 38.0 Å². The number of hydrogen-bond donors (Lipinski definition) is 0. The molecule has 0 amide bonds. The summed E-state index contributed by atoms with van der Waals surface area (Å²) in [5, 5.41) is 1.15. The first kappa shape index (κ1) is 12.4. The van der Waals surface area contributed by atoms with Crippen molar-refractivity contribution < 1.29 is 0 Å². The van der Waals surface area contributed by atoms with Gasteiger partial charge in [0.25, 0.3) is 0 Å². The fraction of sp³-hybridized carbons (Fsp3) is 0.538. The molecule has 0 radical (unpaired) electrons. The van der Waals surface area contributed by atoms with Crippen LogP contribution < -0.4 is 4.90 Å². The maximum Gasteiger partial charge on any atom is 0.0366 e. The topological polar surface area (TPSA) is 3.24 Å². The van der Waals surface area contributed by atoms with Gasteiger partial charge in [-0.2, -0.15) is 0 Å². The predicted octanol–water partition coefficient (Wildman–Crippen LogP) is 4.45. The van der Waals surface area contributed by atoms with Crippen LogP contribution in [0.25, 0.3) is 0 Å². The summed E-state index contributed by atoms with van der Waals surface area (Å²) >= 11 is 7.01. The molecule has 0 bridgehead atoms. The lowest BCUT2D eigenvalue weighted by molar-refractivity contribution is 0.398. The quantitative estimate of drug-likeness (QED) is 0.731. The zero-order chi connectivity index (χ0) is 11.4. The zero-order valence-electron chi connectivity index (χ0n) is 9.33. The number of benzene rings is 1. The third kappa shape index (κ3) is 3.24. The van der Waals surface area contributed by atoms with Gasteiger partial charge in [0.15, 0.2) is 0 Å². The number of nitrogens with zero attached hydrogens (tertiary/aromatic N) is 1. The van der Waals surface area contributed by atoms with E-state index < -0.39 is 0 Å². The number of halogens is 2. The Morgan fingerprint density at radius 1 is 1.12 bits per heavy atom. The van der Waals surface area contributed by atoms with E-state index in [1.807, 2.05) is 0 Å². The highest BCUT2D eigenvalue weighted by Crippen LogP contribution is 2.26. The van der Waals surface area contributed by atoms with Gasteiger partial charge in [-0.3, -0.25) is 0 Å². The summed E-state index contributed by atoms with van der Waals surface area (Å²) in [6, 6.07) is 8.66. The number of rotatable bonds is 3. The molecule has 88 valence electrons. The minimum atomic E-state index is 0.922. The predicted molar refractivity (Wildman–Crippen MR) is 77.5 cm³/mol. The van der Waals surface area contributed by atoms with Gasteiger partial charge in [0, 0.05) is 28.6 Å². The van der Waals surface area contributed by atoms with Crippen molar-refractivity contribution in [2.45, 2.75) is 19.3 Å². The van der Waals surface area contributed by atoms with Crippen LogP contribution in [0.2, 0.25) is 0 Å². The summed E-state index contributed by atoms with van der Waals surface area (Å²) in [5.74, 6) is 0.922. The third-order valence-electron chi connectivity index (χ3n) is 3.32. The van der Waals surface area contributed by atoms with Crippen LogP contribution in [0.5, 0.6) is 0 Å². The van der Waals surface area contributed by atoms with Crippen molar-refractivity contribution >= 4 is 37.5 Å². The SMILES string of the molecule is BrCCC1CCN(c2ccc(Br)cc2)CC1. The van der Waals surface area contributed by atoms with Gasteiger partial charge in [0.2, 0.25) is 0 Å². The maximum absolute atomic E-state index is 3.53. The molecule has 0 N–H and O–H groups in total. The lowest BCUT2D eigenvalue weighted by atomic mass is 9.94. The van der Waals surface area contributed by atoms with Crippen molar-refractivity contribution in [1.82, 2.24) is 0 Å². The summed E-state index contributed by atoms with van der Waals surface area (Å²) in [7, 11) is 0. The van der Waals surface area contributed by atoms with Gasteiger partial charge in [-0.25, -0.2) is 0 Å². The van der Waals surface area contributed by atoms with E-state index in [0.29, 0.717) is 0 Å². The minimum Gasteiger partial charge on any atom is -0.372 e. The van der Waals surface area contributed by atoms with E-state index in [2.05, 4.69) is 61.0 Å². The maximum atomic E-state index is 3.53. The van der Waals surface area contributed by atoms with Gasteiger partial charge in [0.05, 0.1) is 0 Å². The van der Waals surface area contributed by atoms with Gasteiger partial charge >= 0.3 is 0 Å². The Balaban J connectivity index is 1.91. The van der Waals surface area contributed by atoms with Crippen LogP contribution in [0.3, 0.4) is 0 Å². The standard InChI is InChI=1S/C13H17Br2N/c14-8-5-11-6-9-16(10-7-11)13-3-1-12(15)2-4-13/h1-4,11H,5-10H2. The molecule has 0 aliphatic carbocycles. The van der Waals surface area contributed by atoms with Crippen molar-refractivity contribution in [3.8, 4) is 0 Å². The molecular formula is C13H17Br2N. The average Bonchev–Trinajstić information content (AvgIpc) is 2.32. The lowest BCUT2D eigenvalue weighted by Gasteiger charge is -2.33. The highest BCUT2D eigenvalue weighted by atomic mass is 79.9. The molecule has 0 unspecified atom stereocenters. The normalized spacial score (nSPS) is 17.8. The van der Waals surface area contributed by atoms with Gasteiger partial charge in [-0.05, 0) is 49.4 Å². The van der Waals surface area contributed by atoms with E-state index in [9.17, 15) is 0 Å². The van der Waals surface area contributed by atoms with Gasteiger partial charge in [-0.1, -0.05) is 31.9 Å². The van der Waals surface area contributed by atoms with Crippen LogP contribution in [-0.2, 0) is 0 Å². The van der Waals surface area contributed by atoms with E-state index in [0.717, 1.165) is 15.7 Å². The first-order valence-electron chi connectivity index (χ1n) is 5.86. The van der Waals surface area contributed by atoms with Gasteiger partial charge < -0.3 is 4.90 Å². The molecule has 16 heavy (non-hydrogen) atoms. The van der Waals surface area contributed by atoms with Crippen LogP contribution in [0.1, 0.15) is 19.3 Å². The van der Waals surface area contributed by atoms with Crippen molar-refractivity contribution in [2.24, 2.45) is 5.92 Å². The van der Waals surface area contributed by atoms with Crippen LogP contribution in [0.4, 0.5) is 5.69 Å². The van der Waals surface area contributed by atoms with E-state index in [1.54, 1.807) is 0 Å². The number of hydrogen-bond acceptors (Lipinski definition) is 1. The zero-order valence-corrected chi connectivity index (χ0v) is 12.5. The van der Waals surface area contributed by atoms with Crippen molar-refractivity contribution in [1.29, 1.82) is 0 Å². The average molecular weight is 347 g/mol. The molecule has 0 aromatic heterocycles. The first-order chi connectivity index (χ1) is 7.79. The van der Waals surface area contributed by atoms with Gasteiger partial charge in [-0.15, -0.1) is 0 Å². The van der Waals surface area contributed by atoms with Crippen molar-refractivity contribution in [2.75, 3.05) is 23.3 Å². The van der Waals surface area contributed by atoms with Crippen molar-refractivity contribution in [3.05, 3.63) is 28.7 Å². The molecule has 1 nitrogen and oxygen atoms in total. The number of anilines is 1. The summed E-state index contributed by atoms with van der Waals surface area (Å²) in [6.07, 6.45) is 4.00. The molecule has 1 saturated heterocycles. The lowest BCUT2D eigenvalue weighted by Crippen LogP contribution is -2.33. The van der Waals surface area contributed by atoms with Crippen LogP contribution in [0.15, 0.2) is 28.7 Å². The number of alkyl halides is 1. The van der Waals surface area contributed by atoms with Crippen LogP contribution in [0, 0.1) is 5.92 Å². The summed E-state index contributed by atoms with van der Waals surface area (Å²) in [6.45, 7) is 2.42. The molecule has 3 heteroatoms. The molecule has 0 atom stereocenters. The third-order valence-corrected chi connectivity index (χ3v) is 4.31. The van der Waals surface area contributed by atoms with E-state index in [4.69, 9.17) is 0 Å².